The van der Waals surface area contributed by atoms with Crippen molar-refractivity contribution in [2.45, 2.75) is 13.5 Å². The summed E-state index contributed by atoms with van der Waals surface area (Å²) >= 11 is 0. The largest absolute Gasteiger partial charge is 0.494 e. The van der Waals surface area contributed by atoms with Gasteiger partial charge in [-0.3, -0.25) is 10.1 Å². The first-order chi connectivity index (χ1) is 10.1. The van der Waals surface area contributed by atoms with Crippen molar-refractivity contribution < 1.29 is 14.1 Å². The number of hydrogen-bond acceptors (Lipinski definition) is 4. The first-order valence-corrected chi connectivity index (χ1v) is 6.50. The van der Waals surface area contributed by atoms with Gasteiger partial charge in [-0.25, -0.2) is 4.39 Å². The second-order valence-corrected chi connectivity index (χ2v) is 4.33. The predicted molar refractivity (Wildman–Crippen MR) is 78.0 cm³/mol. The molecule has 2 aromatic rings. The van der Waals surface area contributed by atoms with Gasteiger partial charge in [0.25, 0.3) is 5.69 Å². The van der Waals surface area contributed by atoms with Gasteiger partial charge in [0.05, 0.1) is 11.5 Å². The van der Waals surface area contributed by atoms with Crippen molar-refractivity contribution in [2.75, 3.05) is 11.9 Å². The molecule has 21 heavy (non-hydrogen) atoms. The van der Waals surface area contributed by atoms with Crippen LogP contribution in [0.4, 0.5) is 15.8 Å². The normalized spacial score (nSPS) is 10.2. The lowest BCUT2D eigenvalue weighted by Crippen LogP contribution is -2.05. The molecule has 0 radical (unpaired) electrons. The Kier molecular flexibility index (Phi) is 4.71. The van der Waals surface area contributed by atoms with Crippen LogP contribution in [0.1, 0.15) is 12.5 Å². The van der Waals surface area contributed by atoms with Crippen LogP contribution < -0.4 is 10.1 Å². The maximum Gasteiger partial charge on any atom is 0.295 e. The number of nitro benzene ring substituents is 1. The summed E-state index contributed by atoms with van der Waals surface area (Å²) in [6, 6.07) is 11.0. The molecule has 0 aromatic heterocycles. The minimum Gasteiger partial charge on any atom is -0.494 e. The van der Waals surface area contributed by atoms with Crippen molar-refractivity contribution in [2.24, 2.45) is 0 Å². The predicted octanol–water partition coefficient (Wildman–Crippen LogP) is 3.74. The molecule has 0 aliphatic heterocycles. The standard InChI is InChI=1S/C15H15FN2O3/c1-2-21-12-6-3-5-11(9-12)10-17-15-13(16)7-4-8-14(15)18(19)20/h3-9,17H,2,10H2,1H3. The van der Waals surface area contributed by atoms with Gasteiger partial charge in [-0.1, -0.05) is 18.2 Å². The van der Waals surface area contributed by atoms with Crippen molar-refractivity contribution in [3.05, 3.63) is 64.0 Å². The number of ether oxygens (including phenoxy) is 1. The summed E-state index contributed by atoms with van der Waals surface area (Å²) in [5.74, 6) is 0.0602. The topological polar surface area (TPSA) is 64.4 Å². The molecule has 0 aliphatic rings. The Morgan fingerprint density at radius 2 is 2.05 bits per heavy atom. The lowest BCUT2D eigenvalue weighted by atomic mass is 10.2. The van der Waals surface area contributed by atoms with Crippen LogP contribution in [0.3, 0.4) is 0 Å². The summed E-state index contributed by atoms with van der Waals surface area (Å²) in [6.07, 6.45) is 0. The van der Waals surface area contributed by atoms with Gasteiger partial charge < -0.3 is 10.1 Å². The molecule has 0 saturated heterocycles. The zero-order chi connectivity index (χ0) is 15.2. The molecular formula is C15H15FN2O3. The lowest BCUT2D eigenvalue weighted by Gasteiger charge is -2.09. The number of nitrogens with one attached hydrogen (secondary N) is 1. The van der Waals surface area contributed by atoms with Crippen LogP contribution in [0.2, 0.25) is 0 Å². The molecule has 2 rings (SSSR count). The van der Waals surface area contributed by atoms with E-state index in [9.17, 15) is 14.5 Å². The van der Waals surface area contributed by atoms with Gasteiger partial charge >= 0.3 is 0 Å². The molecule has 0 heterocycles. The Morgan fingerprint density at radius 3 is 2.76 bits per heavy atom. The van der Waals surface area contributed by atoms with E-state index in [0.717, 1.165) is 5.56 Å². The summed E-state index contributed by atoms with van der Waals surface area (Å²) < 4.78 is 19.1. The van der Waals surface area contributed by atoms with Gasteiger partial charge in [0.2, 0.25) is 0 Å². The van der Waals surface area contributed by atoms with E-state index in [4.69, 9.17) is 4.74 Å². The van der Waals surface area contributed by atoms with Crippen molar-refractivity contribution in [1.82, 2.24) is 0 Å². The number of para-hydroxylation sites is 1. The van der Waals surface area contributed by atoms with E-state index < -0.39 is 10.7 Å². The molecule has 0 bridgehead atoms. The van der Waals surface area contributed by atoms with E-state index in [0.29, 0.717) is 12.4 Å². The second kappa shape index (κ2) is 6.69. The molecule has 0 amide bonds. The van der Waals surface area contributed by atoms with Gasteiger partial charge in [0.1, 0.15) is 11.4 Å². The number of benzene rings is 2. The molecular weight excluding hydrogens is 275 g/mol. The van der Waals surface area contributed by atoms with E-state index in [-0.39, 0.29) is 17.9 Å². The Bertz CT molecular complexity index is 647. The monoisotopic (exact) mass is 290 g/mol. The van der Waals surface area contributed by atoms with E-state index >= 15 is 0 Å². The van der Waals surface area contributed by atoms with Gasteiger partial charge in [0.15, 0.2) is 5.82 Å². The molecule has 1 N–H and O–H groups in total. The molecule has 0 saturated carbocycles. The third-order valence-corrected chi connectivity index (χ3v) is 2.87. The Labute approximate surface area is 121 Å². The van der Waals surface area contributed by atoms with Gasteiger partial charge in [-0.05, 0) is 30.7 Å². The fourth-order valence-electron chi connectivity index (χ4n) is 1.94. The second-order valence-electron chi connectivity index (χ2n) is 4.33. The molecule has 0 atom stereocenters. The van der Waals surface area contributed by atoms with E-state index in [2.05, 4.69) is 5.32 Å². The number of rotatable bonds is 6. The Hall–Kier alpha value is -2.63. The van der Waals surface area contributed by atoms with Crippen molar-refractivity contribution in [3.8, 4) is 5.75 Å². The van der Waals surface area contributed by atoms with E-state index in [1.54, 1.807) is 0 Å². The quantitative estimate of drug-likeness (QED) is 0.650. The van der Waals surface area contributed by atoms with Crippen LogP contribution in [0, 0.1) is 15.9 Å². The summed E-state index contributed by atoms with van der Waals surface area (Å²) in [5.41, 5.74) is 0.457. The number of anilines is 1. The van der Waals surface area contributed by atoms with Gasteiger partial charge in [-0.2, -0.15) is 0 Å². The van der Waals surface area contributed by atoms with Crippen molar-refractivity contribution in [3.63, 3.8) is 0 Å². The van der Waals surface area contributed by atoms with Crippen molar-refractivity contribution >= 4 is 11.4 Å². The van der Waals surface area contributed by atoms with E-state index in [1.807, 2.05) is 31.2 Å². The third kappa shape index (κ3) is 3.68. The highest BCUT2D eigenvalue weighted by Gasteiger charge is 2.17. The minimum absolute atomic E-state index is 0.107. The highest BCUT2D eigenvalue weighted by molar-refractivity contribution is 5.62. The summed E-state index contributed by atoms with van der Waals surface area (Å²) in [7, 11) is 0. The third-order valence-electron chi connectivity index (χ3n) is 2.87. The maximum absolute atomic E-state index is 13.7. The van der Waals surface area contributed by atoms with Crippen molar-refractivity contribution in [1.29, 1.82) is 0 Å². The smallest absolute Gasteiger partial charge is 0.295 e. The minimum atomic E-state index is -0.648. The Balaban J connectivity index is 2.16. The SMILES string of the molecule is CCOc1cccc(CNc2c(F)cccc2[N+](=O)[O-])c1. The van der Waals surface area contributed by atoms with Crippen LogP contribution in [0.15, 0.2) is 42.5 Å². The van der Waals surface area contributed by atoms with E-state index in [1.165, 1.54) is 18.2 Å². The lowest BCUT2D eigenvalue weighted by molar-refractivity contribution is -0.384. The first-order valence-electron chi connectivity index (χ1n) is 6.50. The molecule has 2 aromatic carbocycles. The fourth-order valence-corrected chi connectivity index (χ4v) is 1.94. The summed E-state index contributed by atoms with van der Waals surface area (Å²) in [4.78, 5) is 10.3. The van der Waals surface area contributed by atoms with Crippen LogP contribution >= 0.6 is 0 Å². The Morgan fingerprint density at radius 1 is 1.29 bits per heavy atom. The average molecular weight is 290 g/mol. The van der Waals surface area contributed by atoms with Crippen LogP contribution in [-0.4, -0.2) is 11.5 Å². The number of nitro groups is 1. The summed E-state index contributed by atoms with van der Waals surface area (Å²) in [6.45, 7) is 2.70. The zero-order valence-corrected chi connectivity index (χ0v) is 11.5. The average Bonchev–Trinajstić information content (AvgIpc) is 2.46. The number of hydrogen-bond donors (Lipinski definition) is 1. The van der Waals surface area contributed by atoms with Gasteiger partial charge in [0, 0.05) is 12.6 Å². The molecule has 110 valence electrons. The molecule has 5 nitrogen and oxygen atoms in total. The molecule has 6 heteroatoms. The zero-order valence-electron chi connectivity index (χ0n) is 11.5. The summed E-state index contributed by atoms with van der Waals surface area (Å²) in [5, 5.41) is 13.7. The molecule has 0 aliphatic carbocycles. The highest BCUT2D eigenvalue weighted by Crippen LogP contribution is 2.27. The highest BCUT2D eigenvalue weighted by atomic mass is 19.1. The number of nitrogens with zero attached hydrogens (tertiary/aromatic N) is 1. The molecule has 0 unspecified atom stereocenters. The first kappa shape index (κ1) is 14.8. The number of halogens is 1. The van der Waals surface area contributed by atoms with Crippen LogP contribution in [0.5, 0.6) is 5.75 Å². The van der Waals surface area contributed by atoms with Crippen LogP contribution in [-0.2, 0) is 6.54 Å². The maximum atomic E-state index is 13.7. The van der Waals surface area contributed by atoms with Gasteiger partial charge in [-0.15, -0.1) is 0 Å². The fraction of sp³-hybridized carbons (Fsp3) is 0.200. The molecule has 0 spiro atoms. The van der Waals surface area contributed by atoms with Crippen LogP contribution in [0.25, 0.3) is 0 Å². The molecule has 0 fully saturated rings.